The van der Waals surface area contributed by atoms with Crippen LogP contribution in [0.4, 0.5) is 4.39 Å². The van der Waals surface area contributed by atoms with Crippen molar-refractivity contribution in [2.45, 2.75) is 6.54 Å². The number of halogens is 1. The van der Waals surface area contributed by atoms with Gasteiger partial charge in [0.05, 0.1) is 12.1 Å². The molecule has 2 aromatic carbocycles. The topological polar surface area (TPSA) is 85.8 Å². The summed E-state index contributed by atoms with van der Waals surface area (Å²) in [5, 5.41) is 8.01. The maximum absolute atomic E-state index is 13.9. The lowest BCUT2D eigenvalue weighted by Gasteiger charge is -2.07. The van der Waals surface area contributed by atoms with Gasteiger partial charge in [-0.1, -0.05) is 17.3 Å². The number of benzene rings is 2. The zero-order valence-electron chi connectivity index (χ0n) is 11.0. The molecule has 0 saturated carbocycles. The highest BCUT2D eigenvalue weighted by Crippen LogP contribution is 2.15. The van der Waals surface area contributed by atoms with Gasteiger partial charge in [-0.25, -0.2) is 14.9 Å². The Bertz CT molecular complexity index is 814. The van der Waals surface area contributed by atoms with Gasteiger partial charge in [-0.15, -0.1) is 5.10 Å². The van der Waals surface area contributed by atoms with Crippen molar-refractivity contribution < 1.29 is 9.18 Å². The van der Waals surface area contributed by atoms with Gasteiger partial charge < -0.3 is 0 Å². The van der Waals surface area contributed by atoms with Crippen LogP contribution >= 0.6 is 0 Å². The standard InChI is InChI=1S/C14H12FN5O/c15-11-6-5-9(14(21)17-16)7-10(11)8-20-13-4-2-1-3-12(13)18-19-20/h1-7H,8,16H2,(H,17,21). The van der Waals surface area contributed by atoms with Crippen LogP contribution < -0.4 is 11.3 Å². The van der Waals surface area contributed by atoms with Crippen LogP contribution in [0, 0.1) is 5.82 Å². The number of rotatable bonds is 3. The van der Waals surface area contributed by atoms with Crippen LogP contribution in [0.3, 0.4) is 0 Å². The van der Waals surface area contributed by atoms with Gasteiger partial charge in [-0.2, -0.15) is 0 Å². The summed E-state index contributed by atoms with van der Waals surface area (Å²) >= 11 is 0. The van der Waals surface area contributed by atoms with E-state index in [0.29, 0.717) is 11.1 Å². The second-order valence-corrected chi connectivity index (χ2v) is 4.52. The quantitative estimate of drug-likeness (QED) is 0.430. The molecule has 0 aliphatic rings. The van der Waals surface area contributed by atoms with Crippen molar-refractivity contribution in [3.63, 3.8) is 0 Å². The van der Waals surface area contributed by atoms with E-state index in [4.69, 9.17) is 5.84 Å². The summed E-state index contributed by atoms with van der Waals surface area (Å²) < 4.78 is 15.5. The van der Waals surface area contributed by atoms with Gasteiger partial charge in [0, 0.05) is 11.1 Å². The molecule has 0 aliphatic heterocycles. The second-order valence-electron chi connectivity index (χ2n) is 4.52. The summed E-state index contributed by atoms with van der Waals surface area (Å²) in [5.41, 5.74) is 4.18. The number of fused-ring (bicyclic) bond motifs is 1. The normalized spacial score (nSPS) is 10.8. The van der Waals surface area contributed by atoms with Crippen molar-refractivity contribution in [3.05, 3.63) is 59.4 Å². The monoisotopic (exact) mass is 285 g/mol. The smallest absolute Gasteiger partial charge is 0.265 e. The maximum Gasteiger partial charge on any atom is 0.265 e. The lowest BCUT2D eigenvalue weighted by Crippen LogP contribution is -2.30. The fourth-order valence-electron chi connectivity index (χ4n) is 2.12. The Balaban J connectivity index is 1.99. The van der Waals surface area contributed by atoms with E-state index < -0.39 is 11.7 Å². The Morgan fingerprint density at radius 1 is 1.29 bits per heavy atom. The number of nitrogens with zero attached hydrogens (tertiary/aromatic N) is 3. The number of amides is 1. The van der Waals surface area contributed by atoms with Crippen LogP contribution in [0.15, 0.2) is 42.5 Å². The van der Waals surface area contributed by atoms with Crippen molar-refractivity contribution in [1.82, 2.24) is 20.4 Å². The molecule has 7 heteroatoms. The van der Waals surface area contributed by atoms with Crippen molar-refractivity contribution >= 4 is 16.9 Å². The molecule has 0 atom stereocenters. The summed E-state index contributed by atoms with van der Waals surface area (Å²) in [7, 11) is 0. The van der Waals surface area contributed by atoms with E-state index in [1.807, 2.05) is 29.7 Å². The van der Waals surface area contributed by atoms with Gasteiger partial charge in [-0.05, 0) is 30.3 Å². The zero-order valence-corrected chi connectivity index (χ0v) is 11.0. The third-order valence-corrected chi connectivity index (χ3v) is 3.18. The van der Waals surface area contributed by atoms with E-state index in [2.05, 4.69) is 10.3 Å². The summed E-state index contributed by atoms with van der Waals surface area (Å²) in [6.45, 7) is 0.179. The number of nitrogens with two attached hydrogens (primary N) is 1. The highest BCUT2D eigenvalue weighted by atomic mass is 19.1. The zero-order chi connectivity index (χ0) is 14.8. The number of nitrogen functional groups attached to an aromatic ring is 1. The average molecular weight is 285 g/mol. The molecule has 0 aliphatic carbocycles. The summed E-state index contributed by atoms with van der Waals surface area (Å²) in [6.07, 6.45) is 0. The third kappa shape index (κ3) is 2.46. The Labute approximate surface area is 119 Å². The first-order valence-corrected chi connectivity index (χ1v) is 6.26. The Hall–Kier alpha value is -2.80. The van der Waals surface area contributed by atoms with Crippen molar-refractivity contribution in [2.75, 3.05) is 0 Å². The average Bonchev–Trinajstić information content (AvgIpc) is 2.92. The third-order valence-electron chi connectivity index (χ3n) is 3.18. The molecule has 3 rings (SSSR count). The molecule has 0 fully saturated rings. The number of carbonyl (C=O) groups is 1. The number of nitrogens with one attached hydrogen (secondary N) is 1. The highest BCUT2D eigenvalue weighted by molar-refractivity contribution is 5.93. The molecule has 0 bridgehead atoms. The van der Waals surface area contributed by atoms with Crippen LogP contribution in [0.5, 0.6) is 0 Å². The fourth-order valence-corrected chi connectivity index (χ4v) is 2.12. The van der Waals surface area contributed by atoms with Gasteiger partial charge in [0.1, 0.15) is 11.3 Å². The second kappa shape index (κ2) is 5.29. The van der Waals surface area contributed by atoms with Crippen LogP contribution in [-0.2, 0) is 6.54 Å². The Morgan fingerprint density at radius 3 is 2.90 bits per heavy atom. The number of hydrogen-bond acceptors (Lipinski definition) is 4. The molecule has 21 heavy (non-hydrogen) atoms. The first kappa shape index (κ1) is 13.2. The summed E-state index contributed by atoms with van der Waals surface area (Å²) in [5.74, 6) is 4.20. The van der Waals surface area contributed by atoms with E-state index in [-0.39, 0.29) is 6.54 Å². The lowest BCUT2D eigenvalue weighted by molar-refractivity contribution is 0.0953. The molecule has 3 N–H and O–H groups in total. The number of hydrogen-bond donors (Lipinski definition) is 2. The SMILES string of the molecule is NNC(=O)c1ccc(F)c(Cn2nnc3ccccc32)c1. The Morgan fingerprint density at radius 2 is 2.10 bits per heavy atom. The van der Waals surface area contributed by atoms with Crippen LogP contribution in [0.1, 0.15) is 15.9 Å². The van der Waals surface area contributed by atoms with Gasteiger partial charge in [0.25, 0.3) is 5.91 Å². The molecule has 6 nitrogen and oxygen atoms in total. The molecule has 0 unspecified atom stereocenters. The maximum atomic E-state index is 13.9. The molecule has 3 aromatic rings. The molecule has 0 radical (unpaired) electrons. The van der Waals surface area contributed by atoms with E-state index >= 15 is 0 Å². The van der Waals surface area contributed by atoms with E-state index in [0.717, 1.165) is 11.0 Å². The molecule has 1 amide bonds. The fraction of sp³-hybridized carbons (Fsp3) is 0.0714. The molecular formula is C14H12FN5O. The molecule has 106 valence electrons. The first-order valence-electron chi connectivity index (χ1n) is 6.26. The molecule has 0 saturated heterocycles. The highest BCUT2D eigenvalue weighted by Gasteiger charge is 2.11. The minimum absolute atomic E-state index is 0.179. The lowest BCUT2D eigenvalue weighted by atomic mass is 10.1. The Kier molecular flexibility index (Phi) is 3.33. The first-order chi connectivity index (χ1) is 10.2. The number of aromatic nitrogens is 3. The van der Waals surface area contributed by atoms with Crippen LogP contribution in [-0.4, -0.2) is 20.9 Å². The van der Waals surface area contributed by atoms with E-state index in [1.165, 1.54) is 18.2 Å². The minimum Gasteiger partial charge on any atom is -0.290 e. The van der Waals surface area contributed by atoms with Crippen molar-refractivity contribution in [2.24, 2.45) is 5.84 Å². The number of para-hydroxylation sites is 1. The minimum atomic E-state index is -0.473. The predicted molar refractivity (Wildman–Crippen MR) is 74.7 cm³/mol. The van der Waals surface area contributed by atoms with Crippen LogP contribution in [0.2, 0.25) is 0 Å². The molecule has 1 aromatic heterocycles. The number of carbonyl (C=O) groups excluding carboxylic acids is 1. The van der Waals surface area contributed by atoms with Gasteiger partial charge in [0.15, 0.2) is 0 Å². The van der Waals surface area contributed by atoms with Gasteiger partial charge >= 0.3 is 0 Å². The van der Waals surface area contributed by atoms with Gasteiger partial charge in [-0.3, -0.25) is 10.2 Å². The molecular weight excluding hydrogens is 273 g/mol. The van der Waals surface area contributed by atoms with Crippen LogP contribution in [0.25, 0.3) is 11.0 Å². The van der Waals surface area contributed by atoms with E-state index in [9.17, 15) is 9.18 Å². The van der Waals surface area contributed by atoms with Crippen molar-refractivity contribution in [3.8, 4) is 0 Å². The summed E-state index contributed by atoms with van der Waals surface area (Å²) in [6, 6.07) is 11.5. The predicted octanol–water partition coefficient (Wildman–Crippen LogP) is 1.22. The summed E-state index contributed by atoms with van der Waals surface area (Å²) in [4.78, 5) is 11.5. The van der Waals surface area contributed by atoms with Crippen molar-refractivity contribution in [1.29, 1.82) is 0 Å². The molecule has 0 spiro atoms. The molecule has 1 heterocycles. The largest absolute Gasteiger partial charge is 0.290 e. The number of hydrazine groups is 1. The van der Waals surface area contributed by atoms with E-state index in [1.54, 1.807) is 4.68 Å². The van der Waals surface area contributed by atoms with Gasteiger partial charge in [0.2, 0.25) is 0 Å².